The SMILES string of the molecule is CSCCC(N)C(=O)Nc1nc(-c2c(F)cccc2F)cs1. The highest BCUT2D eigenvalue weighted by atomic mass is 32.2. The number of carbonyl (C=O) groups excluding carboxylic acids is 1. The number of aromatic nitrogens is 1. The molecule has 0 saturated carbocycles. The minimum atomic E-state index is -0.695. The molecule has 0 aliphatic carbocycles. The average Bonchev–Trinajstić information content (AvgIpc) is 2.92. The fraction of sp³-hybridized carbons (Fsp3) is 0.286. The normalized spacial score (nSPS) is 12.2. The molecule has 2 rings (SSSR count). The highest BCUT2D eigenvalue weighted by Gasteiger charge is 2.17. The Labute approximate surface area is 135 Å². The molecule has 22 heavy (non-hydrogen) atoms. The van der Waals surface area contributed by atoms with Gasteiger partial charge in [-0.3, -0.25) is 4.79 Å². The maximum Gasteiger partial charge on any atom is 0.243 e. The molecule has 0 saturated heterocycles. The van der Waals surface area contributed by atoms with Crippen molar-refractivity contribution in [3.05, 3.63) is 35.2 Å². The number of nitrogens with two attached hydrogens (primary N) is 1. The van der Waals surface area contributed by atoms with Crippen molar-refractivity contribution < 1.29 is 13.6 Å². The maximum absolute atomic E-state index is 13.7. The van der Waals surface area contributed by atoms with Gasteiger partial charge in [-0.25, -0.2) is 13.8 Å². The number of nitrogens with zero attached hydrogens (tertiary/aromatic N) is 1. The summed E-state index contributed by atoms with van der Waals surface area (Å²) >= 11 is 2.70. The van der Waals surface area contributed by atoms with E-state index in [1.165, 1.54) is 11.4 Å². The molecular weight excluding hydrogens is 328 g/mol. The van der Waals surface area contributed by atoms with Crippen LogP contribution in [0, 0.1) is 11.6 Å². The fourth-order valence-electron chi connectivity index (χ4n) is 1.76. The lowest BCUT2D eigenvalue weighted by atomic mass is 10.1. The van der Waals surface area contributed by atoms with Crippen LogP contribution in [0.15, 0.2) is 23.6 Å². The van der Waals surface area contributed by atoms with Crippen LogP contribution in [0.3, 0.4) is 0 Å². The monoisotopic (exact) mass is 343 g/mol. The molecule has 1 atom stereocenters. The van der Waals surface area contributed by atoms with E-state index in [0.29, 0.717) is 6.42 Å². The number of nitrogens with one attached hydrogen (secondary N) is 1. The molecule has 0 aliphatic rings. The van der Waals surface area contributed by atoms with Crippen LogP contribution >= 0.6 is 23.1 Å². The summed E-state index contributed by atoms with van der Waals surface area (Å²) in [7, 11) is 0. The Kier molecular flexibility index (Phi) is 5.87. The predicted molar refractivity (Wildman–Crippen MR) is 87.1 cm³/mol. The van der Waals surface area contributed by atoms with E-state index in [0.717, 1.165) is 29.2 Å². The zero-order valence-electron chi connectivity index (χ0n) is 11.8. The van der Waals surface area contributed by atoms with Crippen LogP contribution in [0.25, 0.3) is 11.3 Å². The predicted octanol–water partition coefficient (Wildman–Crippen LogP) is 3.11. The zero-order valence-corrected chi connectivity index (χ0v) is 13.4. The van der Waals surface area contributed by atoms with Crippen LogP contribution in [-0.2, 0) is 4.79 Å². The molecule has 1 unspecified atom stereocenters. The maximum atomic E-state index is 13.7. The van der Waals surface area contributed by atoms with E-state index in [9.17, 15) is 13.6 Å². The van der Waals surface area contributed by atoms with Crippen molar-refractivity contribution in [2.24, 2.45) is 5.73 Å². The number of thioether (sulfide) groups is 1. The number of amides is 1. The second-order valence-corrected chi connectivity index (χ2v) is 6.36. The lowest BCUT2D eigenvalue weighted by molar-refractivity contribution is -0.117. The van der Waals surface area contributed by atoms with Crippen molar-refractivity contribution in [2.75, 3.05) is 17.3 Å². The van der Waals surface area contributed by atoms with Gasteiger partial charge in [0.15, 0.2) is 5.13 Å². The highest BCUT2D eigenvalue weighted by Crippen LogP contribution is 2.29. The van der Waals surface area contributed by atoms with Crippen LogP contribution in [0.1, 0.15) is 6.42 Å². The number of carbonyl (C=O) groups is 1. The van der Waals surface area contributed by atoms with E-state index in [1.54, 1.807) is 11.8 Å². The number of rotatable bonds is 6. The summed E-state index contributed by atoms with van der Waals surface area (Å²) in [5.41, 5.74) is 5.69. The molecule has 2 aromatic rings. The minimum Gasteiger partial charge on any atom is -0.320 e. The number of anilines is 1. The van der Waals surface area contributed by atoms with Crippen LogP contribution in [0.4, 0.5) is 13.9 Å². The average molecular weight is 343 g/mol. The summed E-state index contributed by atoms with van der Waals surface area (Å²) in [5, 5.41) is 4.33. The summed E-state index contributed by atoms with van der Waals surface area (Å²) in [5.74, 6) is -0.971. The van der Waals surface area contributed by atoms with E-state index in [-0.39, 0.29) is 22.3 Å². The molecule has 0 radical (unpaired) electrons. The Morgan fingerprint density at radius 3 is 2.77 bits per heavy atom. The number of benzene rings is 1. The summed E-state index contributed by atoms with van der Waals surface area (Å²) in [6.45, 7) is 0. The first kappa shape index (κ1) is 16.9. The molecule has 8 heteroatoms. The lowest BCUT2D eigenvalue weighted by Gasteiger charge is -2.09. The summed E-state index contributed by atoms with van der Waals surface area (Å²) in [6, 6.07) is 2.97. The van der Waals surface area contributed by atoms with Gasteiger partial charge in [0.25, 0.3) is 0 Å². The van der Waals surface area contributed by atoms with Crippen LogP contribution in [0.5, 0.6) is 0 Å². The molecule has 0 aliphatic heterocycles. The lowest BCUT2D eigenvalue weighted by Crippen LogP contribution is -2.36. The molecule has 1 aromatic carbocycles. The summed E-state index contributed by atoms with van der Waals surface area (Å²) in [6.07, 6.45) is 2.48. The van der Waals surface area contributed by atoms with Gasteiger partial charge in [0.2, 0.25) is 5.91 Å². The summed E-state index contributed by atoms with van der Waals surface area (Å²) < 4.78 is 27.4. The van der Waals surface area contributed by atoms with Crippen molar-refractivity contribution >= 4 is 34.1 Å². The molecule has 1 heterocycles. The Hall–Kier alpha value is -1.51. The van der Waals surface area contributed by atoms with E-state index < -0.39 is 17.7 Å². The highest BCUT2D eigenvalue weighted by molar-refractivity contribution is 7.98. The first-order chi connectivity index (χ1) is 10.5. The van der Waals surface area contributed by atoms with Gasteiger partial charge in [0.05, 0.1) is 17.3 Å². The van der Waals surface area contributed by atoms with Gasteiger partial charge in [-0.15, -0.1) is 11.3 Å². The van der Waals surface area contributed by atoms with Crippen molar-refractivity contribution in [1.82, 2.24) is 4.98 Å². The van der Waals surface area contributed by atoms with Crippen molar-refractivity contribution in [1.29, 1.82) is 0 Å². The molecule has 3 N–H and O–H groups in total. The molecule has 4 nitrogen and oxygen atoms in total. The van der Waals surface area contributed by atoms with Gasteiger partial charge in [0, 0.05) is 5.38 Å². The summed E-state index contributed by atoms with van der Waals surface area (Å²) in [4.78, 5) is 15.9. The van der Waals surface area contributed by atoms with Gasteiger partial charge in [-0.1, -0.05) is 6.07 Å². The third-order valence-corrected chi connectivity index (χ3v) is 4.32. The minimum absolute atomic E-state index is 0.147. The van der Waals surface area contributed by atoms with Crippen LogP contribution in [0.2, 0.25) is 0 Å². The van der Waals surface area contributed by atoms with Gasteiger partial charge in [0.1, 0.15) is 11.6 Å². The van der Waals surface area contributed by atoms with E-state index in [2.05, 4.69) is 10.3 Å². The second kappa shape index (κ2) is 7.66. The van der Waals surface area contributed by atoms with Crippen molar-refractivity contribution in [3.63, 3.8) is 0 Å². The Bertz CT molecular complexity index is 643. The number of hydrogen-bond donors (Lipinski definition) is 2. The molecular formula is C14H15F2N3OS2. The number of hydrogen-bond acceptors (Lipinski definition) is 5. The molecule has 1 amide bonds. The number of halogens is 2. The quantitative estimate of drug-likeness (QED) is 0.846. The fourth-order valence-corrected chi connectivity index (χ4v) is 2.96. The smallest absolute Gasteiger partial charge is 0.243 e. The van der Waals surface area contributed by atoms with Crippen LogP contribution < -0.4 is 11.1 Å². The molecule has 0 fully saturated rings. The Morgan fingerprint density at radius 1 is 1.45 bits per heavy atom. The Balaban J connectivity index is 2.10. The topological polar surface area (TPSA) is 68.0 Å². The third-order valence-electron chi connectivity index (χ3n) is 2.92. The van der Waals surface area contributed by atoms with Crippen molar-refractivity contribution in [2.45, 2.75) is 12.5 Å². The van der Waals surface area contributed by atoms with E-state index in [4.69, 9.17) is 5.73 Å². The molecule has 0 bridgehead atoms. The van der Waals surface area contributed by atoms with Gasteiger partial charge >= 0.3 is 0 Å². The van der Waals surface area contributed by atoms with Gasteiger partial charge in [-0.2, -0.15) is 11.8 Å². The van der Waals surface area contributed by atoms with Crippen LogP contribution in [-0.4, -0.2) is 28.9 Å². The first-order valence-corrected chi connectivity index (χ1v) is 8.75. The molecule has 0 spiro atoms. The Morgan fingerprint density at radius 2 is 2.14 bits per heavy atom. The first-order valence-electron chi connectivity index (χ1n) is 6.48. The van der Waals surface area contributed by atoms with E-state index >= 15 is 0 Å². The number of thiazole rings is 1. The standard InChI is InChI=1S/C14H15F2N3OS2/c1-21-6-5-10(17)13(20)19-14-18-11(7-22-14)12-8(15)3-2-4-9(12)16/h2-4,7,10H,5-6,17H2,1H3,(H,18,19,20). The third kappa shape index (κ3) is 4.02. The van der Waals surface area contributed by atoms with Gasteiger partial charge < -0.3 is 11.1 Å². The van der Waals surface area contributed by atoms with Crippen molar-refractivity contribution in [3.8, 4) is 11.3 Å². The molecule has 118 valence electrons. The van der Waals surface area contributed by atoms with Gasteiger partial charge in [-0.05, 0) is 30.6 Å². The molecule has 1 aromatic heterocycles. The van der Waals surface area contributed by atoms with E-state index in [1.807, 2.05) is 6.26 Å². The largest absolute Gasteiger partial charge is 0.320 e. The second-order valence-electron chi connectivity index (χ2n) is 4.51. The zero-order chi connectivity index (χ0) is 16.1.